The van der Waals surface area contributed by atoms with Gasteiger partial charge in [0.05, 0.1) is 11.0 Å². The quantitative estimate of drug-likeness (QED) is 0.553. The van der Waals surface area contributed by atoms with Crippen LogP contribution >= 0.6 is 0 Å². The molecule has 0 saturated heterocycles. The van der Waals surface area contributed by atoms with E-state index < -0.39 is 4.92 Å². The van der Waals surface area contributed by atoms with Crippen molar-refractivity contribution < 1.29 is 14.4 Å². The molecule has 0 aromatic heterocycles. The zero-order valence-corrected chi connectivity index (χ0v) is 13.2. The van der Waals surface area contributed by atoms with E-state index in [4.69, 9.17) is 9.47 Å². The molecule has 2 aromatic carbocycles. The zero-order chi connectivity index (χ0) is 16.7. The maximum atomic E-state index is 10.8. The van der Waals surface area contributed by atoms with Crippen LogP contribution in [0.3, 0.4) is 0 Å². The van der Waals surface area contributed by atoms with Crippen molar-refractivity contribution in [3.05, 3.63) is 64.7 Å². The van der Waals surface area contributed by atoms with Crippen molar-refractivity contribution in [2.75, 3.05) is 32.2 Å². The Balaban J connectivity index is 1.92. The highest BCUT2D eigenvalue weighted by Gasteiger charge is 2.13. The van der Waals surface area contributed by atoms with E-state index in [9.17, 15) is 10.1 Å². The lowest BCUT2D eigenvalue weighted by Crippen LogP contribution is -2.34. The molecule has 0 amide bonds. The van der Waals surface area contributed by atoms with Gasteiger partial charge in [-0.25, -0.2) is 0 Å². The number of rotatable bonds is 8. The molecule has 0 aliphatic heterocycles. The monoisotopic (exact) mass is 316 g/mol. The third-order valence-electron chi connectivity index (χ3n) is 3.47. The van der Waals surface area contributed by atoms with Gasteiger partial charge in [0.15, 0.2) is 0 Å². The molecule has 23 heavy (non-hydrogen) atoms. The summed E-state index contributed by atoms with van der Waals surface area (Å²) < 4.78 is 11.1. The minimum absolute atomic E-state index is 0.0119. The number of nitrogens with zero attached hydrogens (tertiary/aromatic N) is 2. The minimum atomic E-state index is -0.441. The van der Waals surface area contributed by atoms with Crippen LogP contribution in [0.1, 0.15) is 0 Å². The fourth-order valence-corrected chi connectivity index (χ4v) is 2.16. The lowest BCUT2D eigenvalue weighted by molar-refractivity contribution is -0.384. The third-order valence-corrected chi connectivity index (χ3v) is 3.47. The number of para-hydroxylation sites is 1. The predicted molar refractivity (Wildman–Crippen MR) is 89.1 cm³/mol. The molecule has 0 aliphatic rings. The highest BCUT2D eigenvalue weighted by molar-refractivity contribution is 5.45. The van der Waals surface area contributed by atoms with Gasteiger partial charge in [0.1, 0.15) is 18.5 Å². The summed E-state index contributed by atoms with van der Waals surface area (Å²) in [7, 11) is 3.61. The van der Waals surface area contributed by atoms with Crippen LogP contribution in [0, 0.1) is 10.1 Å². The number of hydrogen-bond donors (Lipinski definition) is 0. The van der Waals surface area contributed by atoms with Crippen molar-refractivity contribution in [2.45, 2.75) is 6.10 Å². The molecule has 2 rings (SSSR count). The van der Waals surface area contributed by atoms with Gasteiger partial charge in [0.2, 0.25) is 0 Å². The van der Waals surface area contributed by atoms with Crippen molar-refractivity contribution in [3.63, 3.8) is 0 Å². The molecule has 1 unspecified atom stereocenters. The van der Waals surface area contributed by atoms with Crippen LogP contribution in [-0.2, 0) is 4.74 Å². The minimum Gasteiger partial charge on any atom is -0.491 e. The summed E-state index contributed by atoms with van der Waals surface area (Å²) in [6.07, 6.45) is -0.153. The normalized spacial score (nSPS) is 11.7. The number of methoxy groups -OCH3 is 1. The van der Waals surface area contributed by atoms with Gasteiger partial charge in [-0.2, -0.15) is 0 Å². The van der Waals surface area contributed by atoms with Crippen LogP contribution in [0.4, 0.5) is 11.4 Å². The molecule has 0 bridgehead atoms. The van der Waals surface area contributed by atoms with Crippen LogP contribution in [0.5, 0.6) is 5.75 Å². The number of anilines is 1. The molecule has 1 atom stereocenters. The topological polar surface area (TPSA) is 64.8 Å². The molecular formula is C17H20N2O4. The van der Waals surface area contributed by atoms with Crippen molar-refractivity contribution in [1.82, 2.24) is 0 Å². The first-order valence-corrected chi connectivity index (χ1v) is 7.26. The van der Waals surface area contributed by atoms with E-state index in [0.29, 0.717) is 18.9 Å². The Labute approximate surface area is 135 Å². The molecule has 6 heteroatoms. The zero-order valence-electron chi connectivity index (χ0n) is 13.2. The summed E-state index contributed by atoms with van der Waals surface area (Å²) in [5.74, 6) is 0.462. The van der Waals surface area contributed by atoms with Crippen LogP contribution in [0.15, 0.2) is 54.6 Å². The first-order chi connectivity index (χ1) is 11.1. The molecule has 0 heterocycles. The van der Waals surface area contributed by atoms with E-state index >= 15 is 0 Å². The van der Waals surface area contributed by atoms with E-state index in [-0.39, 0.29) is 11.8 Å². The summed E-state index contributed by atoms with van der Waals surface area (Å²) in [6, 6.07) is 16.1. The molecule has 6 nitrogen and oxygen atoms in total. The van der Waals surface area contributed by atoms with Gasteiger partial charge < -0.3 is 14.4 Å². The second kappa shape index (κ2) is 8.14. The summed E-state index contributed by atoms with van der Waals surface area (Å²) in [5.41, 5.74) is 1.10. The van der Waals surface area contributed by atoms with Crippen molar-refractivity contribution in [1.29, 1.82) is 0 Å². The number of benzene rings is 2. The maximum absolute atomic E-state index is 10.8. The molecule has 0 N–H and O–H groups in total. The third kappa shape index (κ3) is 4.96. The van der Waals surface area contributed by atoms with Gasteiger partial charge >= 0.3 is 0 Å². The first-order valence-electron chi connectivity index (χ1n) is 7.26. The van der Waals surface area contributed by atoms with Gasteiger partial charge in [-0.05, 0) is 18.2 Å². The Morgan fingerprint density at radius 3 is 2.57 bits per heavy atom. The number of likely N-dealkylation sites (N-methyl/N-ethyl adjacent to an activating group) is 1. The Bertz CT molecular complexity index is 634. The molecule has 0 saturated carbocycles. The summed E-state index contributed by atoms with van der Waals surface area (Å²) in [4.78, 5) is 12.4. The number of nitro benzene ring substituents is 1. The van der Waals surface area contributed by atoms with Gasteiger partial charge in [-0.15, -0.1) is 0 Å². The predicted octanol–water partition coefficient (Wildman–Crippen LogP) is 3.13. The molecule has 0 fully saturated rings. The van der Waals surface area contributed by atoms with E-state index in [1.165, 1.54) is 12.1 Å². The van der Waals surface area contributed by atoms with Gasteiger partial charge in [-0.3, -0.25) is 10.1 Å². The molecular weight excluding hydrogens is 296 g/mol. The summed E-state index contributed by atoms with van der Waals surface area (Å²) in [6.45, 7) is 0.963. The Kier molecular flexibility index (Phi) is 5.94. The Morgan fingerprint density at radius 2 is 1.91 bits per heavy atom. The van der Waals surface area contributed by atoms with Gasteiger partial charge in [0.25, 0.3) is 5.69 Å². The van der Waals surface area contributed by atoms with E-state index in [1.807, 2.05) is 37.4 Å². The summed E-state index contributed by atoms with van der Waals surface area (Å²) in [5, 5.41) is 10.8. The fourth-order valence-electron chi connectivity index (χ4n) is 2.16. The molecule has 0 spiro atoms. The van der Waals surface area contributed by atoms with Gasteiger partial charge in [-0.1, -0.05) is 24.3 Å². The second-order valence-corrected chi connectivity index (χ2v) is 5.14. The van der Waals surface area contributed by atoms with Crippen LogP contribution in [0.25, 0.3) is 0 Å². The fraction of sp³-hybridized carbons (Fsp3) is 0.294. The average molecular weight is 316 g/mol. The second-order valence-electron chi connectivity index (χ2n) is 5.14. The molecule has 0 radical (unpaired) electrons. The maximum Gasteiger partial charge on any atom is 0.273 e. The van der Waals surface area contributed by atoms with Crippen molar-refractivity contribution in [2.24, 2.45) is 0 Å². The highest BCUT2D eigenvalue weighted by Crippen LogP contribution is 2.19. The Morgan fingerprint density at radius 1 is 1.17 bits per heavy atom. The van der Waals surface area contributed by atoms with Gasteiger partial charge in [0, 0.05) is 32.5 Å². The van der Waals surface area contributed by atoms with E-state index in [2.05, 4.69) is 4.90 Å². The lowest BCUT2D eigenvalue weighted by Gasteiger charge is -2.25. The number of ether oxygens (including phenoxy) is 2. The average Bonchev–Trinajstić information content (AvgIpc) is 2.59. The molecule has 0 aliphatic carbocycles. The standard InChI is InChI=1S/C17H20N2O4/c1-18(14-7-4-3-5-8-14)12-17(22-2)13-23-16-10-6-9-15(11-16)19(20)21/h3-11,17H,12-13H2,1-2H3. The smallest absolute Gasteiger partial charge is 0.273 e. The van der Waals surface area contributed by atoms with E-state index in [0.717, 1.165) is 5.69 Å². The van der Waals surface area contributed by atoms with Crippen molar-refractivity contribution in [3.8, 4) is 5.75 Å². The van der Waals surface area contributed by atoms with Crippen LogP contribution in [-0.4, -0.2) is 38.3 Å². The molecule has 122 valence electrons. The molecule has 2 aromatic rings. The number of hydrogen-bond acceptors (Lipinski definition) is 5. The van der Waals surface area contributed by atoms with Crippen LogP contribution < -0.4 is 9.64 Å². The largest absolute Gasteiger partial charge is 0.491 e. The Hall–Kier alpha value is -2.60. The highest BCUT2D eigenvalue weighted by atomic mass is 16.6. The lowest BCUT2D eigenvalue weighted by atomic mass is 10.2. The van der Waals surface area contributed by atoms with Crippen LogP contribution in [0.2, 0.25) is 0 Å². The number of nitro groups is 1. The van der Waals surface area contributed by atoms with E-state index in [1.54, 1.807) is 19.2 Å². The summed E-state index contributed by atoms with van der Waals surface area (Å²) >= 11 is 0. The van der Waals surface area contributed by atoms with Crippen molar-refractivity contribution >= 4 is 11.4 Å². The number of non-ortho nitro benzene ring substituents is 1. The first kappa shape index (κ1) is 16.8. The SMILES string of the molecule is COC(COc1cccc([N+](=O)[O-])c1)CN(C)c1ccccc1.